The van der Waals surface area contributed by atoms with Crippen LogP contribution < -0.4 is 5.32 Å². The molecule has 0 heterocycles. The number of carboxylic acid groups (broad SMARTS) is 1. The Labute approximate surface area is 153 Å². The van der Waals surface area contributed by atoms with Crippen molar-refractivity contribution < 1.29 is 19.5 Å². The molecule has 0 aromatic heterocycles. The zero-order chi connectivity index (χ0) is 19.4. The first-order valence-electron chi connectivity index (χ1n) is 8.44. The smallest absolute Gasteiger partial charge is 0.336 e. The van der Waals surface area contributed by atoms with Gasteiger partial charge in [0.15, 0.2) is 5.78 Å². The van der Waals surface area contributed by atoms with E-state index in [1.54, 1.807) is 19.9 Å². The molecule has 2 N–H and O–H groups in total. The van der Waals surface area contributed by atoms with Crippen LogP contribution in [0.4, 0.5) is 5.69 Å². The number of rotatable bonds is 6. The van der Waals surface area contributed by atoms with Gasteiger partial charge in [-0.2, -0.15) is 0 Å². The molecule has 0 atom stereocenters. The molecule has 5 heteroatoms. The van der Waals surface area contributed by atoms with Crippen molar-refractivity contribution in [3.8, 4) is 0 Å². The van der Waals surface area contributed by atoms with E-state index < -0.39 is 5.97 Å². The van der Waals surface area contributed by atoms with Gasteiger partial charge in [0.1, 0.15) is 0 Å². The number of nitrogens with one attached hydrogen (secondary N) is 1. The summed E-state index contributed by atoms with van der Waals surface area (Å²) in [5, 5.41) is 11.9. The van der Waals surface area contributed by atoms with Crippen molar-refractivity contribution >= 4 is 23.3 Å². The quantitative estimate of drug-likeness (QED) is 0.762. The molecule has 0 aliphatic heterocycles. The first kappa shape index (κ1) is 19.4. The summed E-state index contributed by atoms with van der Waals surface area (Å²) in [6.07, 6.45) is 0.148. The lowest BCUT2D eigenvalue weighted by Gasteiger charge is -2.12. The van der Waals surface area contributed by atoms with Crippen LogP contribution in [0, 0.1) is 27.7 Å². The molecule has 2 rings (SSSR count). The van der Waals surface area contributed by atoms with Gasteiger partial charge in [0, 0.05) is 24.1 Å². The fourth-order valence-corrected chi connectivity index (χ4v) is 2.83. The fourth-order valence-electron chi connectivity index (χ4n) is 2.83. The second-order valence-corrected chi connectivity index (χ2v) is 6.58. The summed E-state index contributed by atoms with van der Waals surface area (Å²) in [6.45, 7) is 7.30. The summed E-state index contributed by atoms with van der Waals surface area (Å²) in [4.78, 5) is 35.8. The lowest BCUT2D eigenvalue weighted by molar-refractivity contribution is -0.116. The summed E-state index contributed by atoms with van der Waals surface area (Å²) in [7, 11) is 0. The number of aromatic carboxylic acids is 1. The number of anilines is 1. The number of aryl methyl sites for hydroxylation is 4. The summed E-state index contributed by atoms with van der Waals surface area (Å²) in [5.41, 5.74) is 4.55. The Morgan fingerprint density at radius 3 is 2.19 bits per heavy atom. The second kappa shape index (κ2) is 7.95. The van der Waals surface area contributed by atoms with Crippen molar-refractivity contribution in [2.45, 2.75) is 40.5 Å². The molecule has 26 heavy (non-hydrogen) atoms. The van der Waals surface area contributed by atoms with Gasteiger partial charge in [0.2, 0.25) is 5.91 Å². The molecule has 0 fully saturated rings. The van der Waals surface area contributed by atoms with Gasteiger partial charge >= 0.3 is 5.97 Å². The highest BCUT2D eigenvalue weighted by molar-refractivity contribution is 6.01. The Morgan fingerprint density at radius 2 is 1.54 bits per heavy atom. The molecule has 0 saturated carbocycles. The van der Waals surface area contributed by atoms with Crippen molar-refractivity contribution in [2.75, 3.05) is 5.32 Å². The number of carboxylic acids is 1. The minimum Gasteiger partial charge on any atom is -0.478 e. The minimum atomic E-state index is -1.04. The normalized spacial score (nSPS) is 10.5. The molecule has 2 aromatic rings. The lowest BCUT2D eigenvalue weighted by atomic mass is 9.99. The lowest BCUT2D eigenvalue weighted by Crippen LogP contribution is -2.15. The third-order valence-electron chi connectivity index (χ3n) is 4.35. The van der Waals surface area contributed by atoms with Crippen LogP contribution in [0.15, 0.2) is 30.3 Å². The molecule has 136 valence electrons. The Bertz CT molecular complexity index is 884. The summed E-state index contributed by atoms with van der Waals surface area (Å²) in [6, 6.07) is 8.85. The molecule has 2 aromatic carbocycles. The fraction of sp³-hybridized carbons (Fsp3) is 0.286. The van der Waals surface area contributed by atoms with Crippen molar-refractivity contribution in [3.63, 3.8) is 0 Å². The Hall–Kier alpha value is -2.95. The third kappa shape index (κ3) is 4.57. The molecule has 0 spiro atoms. The van der Waals surface area contributed by atoms with Crippen LogP contribution in [0.25, 0.3) is 0 Å². The highest BCUT2D eigenvalue weighted by Gasteiger charge is 2.15. The first-order chi connectivity index (χ1) is 12.2. The van der Waals surface area contributed by atoms with Crippen molar-refractivity contribution in [1.29, 1.82) is 0 Å². The molecule has 0 unspecified atom stereocenters. The van der Waals surface area contributed by atoms with Gasteiger partial charge in [-0.15, -0.1) is 0 Å². The number of Topliss-reactive ketones (excluding diaryl/α,β-unsaturated/α-hetero) is 1. The van der Waals surface area contributed by atoms with Gasteiger partial charge in [-0.3, -0.25) is 9.59 Å². The average Bonchev–Trinajstić information content (AvgIpc) is 2.57. The van der Waals surface area contributed by atoms with Gasteiger partial charge in [0.25, 0.3) is 0 Å². The molecule has 0 aliphatic rings. The Kier molecular flexibility index (Phi) is 5.93. The van der Waals surface area contributed by atoms with E-state index in [4.69, 9.17) is 0 Å². The number of amides is 1. The van der Waals surface area contributed by atoms with Crippen LogP contribution >= 0.6 is 0 Å². The topological polar surface area (TPSA) is 83.5 Å². The molecule has 0 radical (unpaired) electrons. The van der Waals surface area contributed by atoms with Crippen LogP contribution in [0.5, 0.6) is 0 Å². The van der Waals surface area contributed by atoms with Crippen LogP contribution in [0.2, 0.25) is 0 Å². The summed E-state index contributed by atoms with van der Waals surface area (Å²) >= 11 is 0. The number of carbonyl (C=O) groups excluding carboxylic acids is 2. The van der Waals surface area contributed by atoms with Crippen molar-refractivity contribution in [1.82, 2.24) is 0 Å². The standard InChI is InChI=1S/C21H23NO4/c1-12-5-6-13(2)16(9-12)19(23)7-8-20(24)22-18-11-17(21(25)26)14(3)10-15(18)4/h5-6,9-11H,7-8H2,1-4H3,(H,22,24)(H,25,26). The number of hydrogen-bond acceptors (Lipinski definition) is 3. The van der Waals surface area contributed by atoms with Crippen LogP contribution in [-0.4, -0.2) is 22.8 Å². The molecule has 1 amide bonds. The zero-order valence-corrected chi connectivity index (χ0v) is 15.5. The Morgan fingerprint density at radius 1 is 0.846 bits per heavy atom. The Balaban J connectivity index is 2.05. The molecular formula is C21H23NO4. The maximum Gasteiger partial charge on any atom is 0.336 e. The predicted octanol–water partition coefficient (Wildman–Crippen LogP) is 4.22. The van der Waals surface area contributed by atoms with Crippen LogP contribution in [0.3, 0.4) is 0 Å². The van der Waals surface area contributed by atoms with E-state index in [0.29, 0.717) is 16.8 Å². The summed E-state index contributed by atoms with van der Waals surface area (Å²) < 4.78 is 0. The summed E-state index contributed by atoms with van der Waals surface area (Å²) in [5.74, 6) is -1.43. The zero-order valence-electron chi connectivity index (χ0n) is 15.5. The van der Waals surface area contributed by atoms with E-state index in [2.05, 4.69) is 5.32 Å². The van der Waals surface area contributed by atoms with E-state index in [9.17, 15) is 19.5 Å². The van der Waals surface area contributed by atoms with Crippen LogP contribution in [-0.2, 0) is 4.79 Å². The number of hydrogen-bond donors (Lipinski definition) is 2. The van der Waals surface area contributed by atoms with E-state index in [0.717, 1.165) is 16.7 Å². The molecule has 0 bridgehead atoms. The van der Waals surface area contributed by atoms with Crippen molar-refractivity contribution in [3.05, 3.63) is 63.7 Å². The van der Waals surface area contributed by atoms with Gasteiger partial charge < -0.3 is 10.4 Å². The van der Waals surface area contributed by atoms with Gasteiger partial charge in [-0.1, -0.05) is 23.8 Å². The van der Waals surface area contributed by atoms with Gasteiger partial charge in [-0.05, 0) is 56.5 Å². The minimum absolute atomic E-state index is 0.0436. The van der Waals surface area contributed by atoms with E-state index in [-0.39, 0.29) is 30.1 Å². The first-order valence-corrected chi connectivity index (χ1v) is 8.44. The maximum absolute atomic E-state index is 12.4. The molecule has 5 nitrogen and oxygen atoms in total. The highest BCUT2D eigenvalue weighted by Crippen LogP contribution is 2.21. The van der Waals surface area contributed by atoms with E-state index in [1.807, 2.05) is 32.0 Å². The van der Waals surface area contributed by atoms with Gasteiger partial charge in [0.05, 0.1) is 5.56 Å². The average molecular weight is 353 g/mol. The molecule has 0 saturated heterocycles. The van der Waals surface area contributed by atoms with Crippen molar-refractivity contribution in [2.24, 2.45) is 0 Å². The molecular weight excluding hydrogens is 330 g/mol. The third-order valence-corrected chi connectivity index (χ3v) is 4.35. The van der Waals surface area contributed by atoms with E-state index >= 15 is 0 Å². The number of benzene rings is 2. The largest absolute Gasteiger partial charge is 0.478 e. The van der Waals surface area contributed by atoms with Crippen LogP contribution in [0.1, 0.15) is 55.8 Å². The second-order valence-electron chi connectivity index (χ2n) is 6.58. The number of ketones is 1. The van der Waals surface area contributed by atoms with Gasteiger partial charge in [-0.25, -0.2) is 4.79 Å². The number of carbonyl (C=O) groups is 3. The molecule has 0 aliphatic carbocycles. The SMILES string of the molecule is Cc1ccc(C)c(C(=O)CCC(=O)Nc2cc(C(=O)O)c(C)cc2C)c1. The van der Waals surface area contributed by atoms with E-state index in [1.165, 1.54) is 6.07 Å². The maximum atomic E-state index is 12.4. The highest BCUT2D eigenvalue weighted by atomic mass is 16.4. The monoisotopic (exact) mass is 353 g/mol. The predicted molar refractivity (Wildman–Crippen MR) is 101 cm³/mol.